The van der Waals surface area contributed by atoms with Gasteiger partial charge in [-0.2, -0.15) is 0 Å². The first-order valence-electron chi connectivity index (χ1n) is 8.03. The molecule has 0 bridgehead atoms. The highest BCUT2D eigenvalue weighted by atomic mass is 32.1. The Morgan fingerprint density at radius 1 is 1.12 bits per heavy atom. The largest absolute Gasteiger partial charge is 0.346 e. The van der Waals surface area contributed by atoms with Gasteiger partial charge in [0.25, 0.3) is 5.91 Å². The van der Waals surface area contributed by atoms with Gasteiger partial charge in [0.05, 0.1) is 33.9 Å². The predicted octanol–water partition coefficient (Wildman–Crippen LogP) is 4.43. The van der Waals surface area contributed by atoms with Crippen LogP contribution in [0.15, 0.2) is 66.2 Å². The SMILES string of the molecule is O=C(NCc1ccccn1)c1cc(-c2cccs2)nc2ccc(F)cc12. The Hall–Kier alpha value is -3.12. The van der Waals surface area contributed by atoms with Gasteiger partial charge in [-0.1, -0.05) is 12.1 Å². The summed E-state index contributed by atoms with van der Waals surface area (Å²) in [6.07, 6.45) is 1.67. The Morgan fingerprint density at radius 2 is 2.04 bits per heavy atom. The molecule has 1 N–H and O–H groups in total. The third kappa shape index (κ3) is 3.32. The number of aromatic nitrogens is 2. The van der Waals surface area contributed by atoms with Crippen LogP contribution in [-0.4, -0.2) is 15.9 Å². The van der Waals surface area contributed by atoms with Crippen molar-refractivity contribution < 1.29 is 9.18 Å². The molecule has 128 valence electrons. The lowest BCUT2D eigenvalue weighted by Gasteiger charge is -2.10. The zero-order valence-electron chi connectivity index (χ0n) is 13.6. The minimum absolute atomic E-state index is 0.286. The average molecular weight is 363 g/mol. The molecular weight excluding hydrogens is 349 g/mol. The smallest absolute Gasteiger partial charge is 0.252 e. The van der Waals surface area contributed by atoms with Crippen LogP contribution >= 0.6 is 11.3 Å². The first kappa shape index (κ1) is 16.4. The van der Waals surface area contributed by atoms with Crippen LogP contribution in [0.2, 0.25) is 0 Å². The zero-order chi connectivity index (χ0) is 17.9. The highest BCUT2D eigenvalue weighted by molar-refractivity contribution is 7.13. The van der Waals surface area contributed by atoms with Crippen molar-refractivity contribution in [2.75, 3.05) is 0 Å². The van der Waals surface area contributed by atoms with Crippen molar-refractivity contribution in [2.24, 2.45) is 0 Å². The molecule has 1 amide bonds. The van der Waals surface area contributed by atoms with E-state index in [1.807, 2.05) is 35.7 Å². The normalized spacial score (nSPS) is 10.8. The molecule has 0 spiro atoms. The number of carbonyl (C=O) groups excluding carboxylic acids is 1. The van der Waals surface area contributed by atoms with Crippen molar-refractivity contribution in [3.63, 3.8) is 0 Å². The van der Waals surface area contributed by atoms with Gasteiger partial charge >= 0.3 is 0 Å². The first-order valence-corrected chi connectivity index (χ1v) is 8.91. The topological polar surface area (TPSA) is 54.9 Å². The molecule has 0 aliphatic heterocycles. The molecule has 0 aliphatic rings. The summed E-state index contributed by atoms with van der Waals surface area (Å²) in [6.45, 7) is 0.299. The third-order valence-corrected chi connectivity index (χ3v) is 4.84. The average Bonchev–Trinajstić information content (AvgIpc) is 3.21. The second-order valence-electron chi connectivity index (χ2n) is 5.70. The van der Waals surface area contributed by atoms with Gasteiger partial charge in [0.1, 0.15) is 5.82 Å². The summed E-state index contributed by atoms with van der Waals surface area (Å²) in [5.41, 5.74) is 2.43. The molecule has 4 nitrogen and oxygen atoms in total. The van der Waals surface area contributed by atoms with Crippen LogP contribution in [0.3, 0.4) is 0 Å². The Balaban J connectivity index is 1.74. The minimum atomic E-state index is -0.401. The van der Waals surface area contributed by atoms with Gasteiger partial charge in [-0.15, -0.1) is 11.3 Å². The number of thiophene rings is 1. The maximum absolute atomic E-state index is 13.7. The molecule has 0 atom stereocenters. The van der Waals surface area contributed by atoms with Crippen LogP contribution in [0.25, 0.3) is 21.5 Å². The summed E-state index contributed by atoms with van der Waals surface area (Å²) in [5, 5.41) is 5.29. The van der Waals surface area contributed by atoms with E-state index in [-0.39, 0.29) is 5.91 Å². The number of amides is 1. The maximum Gasteiger partial charge on any atom is 0.252 e. The summed E-state index contributed by atoms with van der Waals surface area (Å²) in [7, 11) is 0. The summed E-state index contributed by atoms with van der Waals surface area (Å²) in [6, 6.07) is 15.4. The van der Waals surface area contributed by atoms with Crippen LogP contribution in [0, 0.1) is 5.82 Å². The minimum Gasteiger partial charge on any atom is -0.346 e. The van der Waals surface area contributed by atoms with Crippen molar-refractivity contribution >= 4 is 28.1 Å². The van der Waals surface area contributed by atoms with E-state index in [4.69, 9.17) is 0 Å². The van der Waals surface area contributed by atoms with Gasteiger partial charge in [-0.3, -0.25) is 9.78 Å². The number of hydrogen-bond donors (Lipinski definition) is 1. The molecule has 4 aromatic rings. The molecule has 3 aromatic heterocycles. The maximum atomic E-state index is 13.7. The fourth-order valence-corrected chi connectivity index (χ4v) is 3.39. The van der Waals surface area contributed by atoms with Crippen molar-refractivity contribution in [1.29, 1.82) is 0 Å². The van der Waals surface area contributed by atoms with E-state index in [9.17, 15) is 9.18 Å². The predicted molar refractivity (Wildman–Crippen MR) is 100 cm³/mol. The lowest BCUT2D eigenvalue weighted by atomic mass is 10.1. The van der Waals surface area contributed by atoms with Crippen molar-refractivity contribution in [3.8, 4) is 10.6 Å². The number of fused-ring (bicyclic) bond motifs is 1. The Morgan fingerprint density at radius 3 is 2.81 bits per heavy atom. The molecule has 0 saturated carbocycles. The van der Waals surface area contributed by atoms with E-state index in [1.54, 1.807) is 29.7 Å². The number of nitrogens with zero attached hydrogens (tertiary/aromatic N) is 2. The third-order valence-electron chi connectivity index (χ3n) is 3.95. The van der Waals surface area contributed by atoms with Gasteiger partial charge in [0, 0.05) is 11.6 Å². The fourth-order valence-electron chi connectivity index (χ4n) is 2.71. The number of carbonyl (C=O) groups is 1. The summed E-state index contributed by atoms with van der Waals surface area (Å²) >= 11 is 1.54. The molecule has 0 saturated heterocycles. The number of benzene rings is 1. The lowest BCUT2D eigenvalue weighted by Crippen LogP contribution is -2.23. The van der Waals surface area contributed by atoms with Crippen LogP contribution in [0.4, 0.5) is 4.39 Å². The van der Waals surface area contributed by atoms with E-state index in [1.165, 1.54) is 12.1 Å². The lowest BCUT2D eigenvalue weighted by molar-refractivity contribution is 0.0952. The van der Waals surface area contributed by atoms with Gasteiger partial charge in [-0.05, 0) is 47.8 Å². The van der Waals surface area contributed by atoms with E-state index in [2.05, 4.69) is 15.3 Å². The Bertz CT molecular complexity index is 1070. The zero-order valence-corrected chi connectivity index (χ0v) is 14.5. The van der Waals surface area contributed by atoms with E-state index in [0.29, 0.717) is 28.7 Å². The summed E-state index contributed by atoms with van der Waals surface area (Å²) < 4.78 is 13.7. The highest BCUT2D eigenvalue weighted by Crippen LogP contribution is 2.28. The van der Waals surface area contributed by atoms with Crippen molar-refractivity contribution in [2.45, 2.75) is 6.54 Å². The fraction of sp³-hybridized carbons (Fsp3) is 0.0500. The van der Waals surface area contributed by atoms with Gasteiger partial charge in [0.2, 0.25) is 0 Å². The monoisotopic (exact) mass is 363 g/mol. The molecular formula is C20H14FN3OS. The molecule has 6 heteroatoms. The summed E-state index contributed by atoms with van der Waals surface area (Å²) in [4.78, 5) is 22.5. The summed E-state index contributed by atoms with van der Waals surface area (Å²) in [5.74, 6) is -0.687. The molecule has 3 heterocycles. The van der Waals surface area contributed by atoms with Crippen LogP contribution in [-0.2, 0) is 6.54 Å². The highest BCUT2D eigenvalue weighted by Gasteiger charge is 2.15. The van der Waals surface area contributed by atoms with E-state index < -0.39 is 5.82 Å². The van der Waals surface area contributed by atoms with Gasteiger partial charge < -0.3 is 5.32 Å². The molecule has 0 radical (unpaired) electrons. The molecule has 0 aliphatic carbocycles. The van der Waals surface area contributed by atoms with Crippen LogP contribution in [0.5, 0.6) is 0 Å². The van der Waals surface area contributed by atoms with Gasteiger partial charge in [-0.25, -0.2) is 9.37 Å². The number of rotatable bonds is 4. The van der Waals surface area contributed by atoms with Crippen LogP contribution < -0.4 is 5.32 Å². The second kappa shape index (κ2) is 7.01. The first-order chi connectivity index (χ1) is 12.7. The van der Waals surface area contributed by atoms with E-state index >= 15 is 0 Å². The number of hydrogen-bond acceptors (Lipinski definition) is 4. The Labute approximate surface area is 153 Å². The Kier molecular flexibility index (Phi) is 4.41. The standard InChI is InChI=1S/C20H14FN3OS/c21-13-6-7-17-15(10-13)16(11-18(24-17)19-5-3-9-26-19)20(25)23-12-14-4-1-2-8-22-14/h1-11H,12H2,(H,23,25). The second-order valence-corrected chi connectivity index (χ2v) is 6.65. The molecule has 1 aromatic carbocycles. The number of halogens is 1. The number of pyridine rings is 2. The van der Waals surface area contributed by atoms with E-state index in [0.717, 1.165) is 10.6 Å². The van der Waals surface area contributed by atoms with Crippen LogP contribution in [0.1, 0.15) is 16.1 Å². The molecule has 26 heavy (non-hydrogen) atoms. The van der Waals surface area contributed by atoms with Crippen molar-refractivity contribution in [3.05, 3.63) is 83.2 Å². The number of nitrogens with one attached hydrogen (secondary N) is 1. The quantitative estimate of drug-likeness (QED) is 0.584. The van der Waals surface area contributed by atoms with Gasteiger partial charge in [0.15, 0.2) is 0 Å². The molecule has 0 fully saturated rings. The molecule has 0 unspecified atom stereocenters. The molecule has 4 rings (SSSR count). The van der Waals surface area contributed by atoms with Crippen molar-refractivity contribution in [1.82, 2.24) is 15.3 Å².